The lowest BCUT2D eigenvalue weighted by Gasteiger charge is -2.17. The van der Waals surface area contributed by atoms with Crippen molar-refractivity contribution >= 4 is 5.91 Å². The third-order valence-corrected chi connectivity index (χ3v) is 4.26. The van der Waals surface area contributed by atoms with Crippen LogP contribution in [0.25, 0.3) is 11.3 Å². The Morgan fingerprint density at radius 1 is 1.20 bits per heavy atom. The Kier molecular flexibility index (Phi) is 4.93. The second-order valence-corrected chi connectivity index (χ2v) is 6.14. The summed E-state index contributed by atoms with van der Waals surface area (Å²) in [6.45, 7) is 2.58. The number of aromatic nitrogens is 3. The van der Waals surface area contributed by atoms with Gasteiger partial charge in [0.2, 0.25) is 0 Å². The van der Waals surface area contributed by atoms with E-state index in [9.17, 15) is 4.79 Å². The molecule has 5 nitrogen and oxygen atoms in total. The van der Waals surface area contributed by atoms with Crippen molar-refractivity contribution in [1.29, 1.82) is 0 Å². The molecule has 2 aromatic heterocycles. The molecule has 5 heteroatoms. The minimum absolute atomic E-state index is 0.0228. The zero-order chi connectivity index (χ0) is 17.8. The summed E-state index contributed by atoms with van der Waals surface area (Å²) in [6.07, 6.45) is 6.38. The number of pyridine rings is 1. The number of benzene rings is 1. The molecule has 2 heterocycles. The third kappa shape index (κ3) is 3.76. The molecule has 0 N–H and O–H groups in total. The van der Waals surface area contributed by atoms with Crippen molar-refractivity contribution in [2.45, 2.75) is 19.9 Å². The third-order valence-electron chi connectivity index (χ3n) is 4.26. The van der Waals surface area contributed by atoms with Crippen LogP contribution >= 0.6 is 0 Å². The summed E-state index contributed by atoms with van der Waals surface area (Å²) in [5.41, 5.74) is 4.70. The van der Waals surface area contributed by atoms with Crippen LogP contribution in [-0.2, 0) is 20.0 Å². The Morgan fingerprint density at radius 2 is 2.04 bits per heavy atom. The van der Waals surface area contributed by atoms with E-state index in [2.05, 4.69) is 23.0 Å². The van der Waals surface area contributed by atoms with Crippen LogP contribution in [0.1, 0.15) is 28.5 Å². The molecule has 3 aromatic rings. The topological polar surface area (TPSA) is 51.0 Å². The fourth-order valence-electron chi connectivity index (χ4n) is 2.74. The minimum atomic E-state index is -0.0228. The SMILES string of the molecule is CCc1ccc(CN(C)C(=O)c2cccc(-c3cncn3C)c2)nc1. The zero-order valence-corrected chi connectivity index (χ0v) is 14.8. The van der Waals surface area contributed by atoms with Gasteiger partial charge in [-0.25, -0.2) is 4.98 Å². The van der Waals surface area contributed by atoms with Crippen molar-refractivity contribution in [3.05, 3.63) is 71.9 Å². The predicted molar refractivity (Wildman–Crippen MR) is 98.1 cm³/mol. The van der Waals surface area contributed by atoms with Gasteiger partial charge in [0.05, 0.1) is 30.5 Å². The van der Waals surface area contributed by atoms with Crippen molar-refractivity contribution in [3.63, 3.8) is 0 Å². The van der Waals surface area contributed by atoms with Crippen LogP contribution in [0.5, 0.6) is 0 Å². The molecule has 0 unspecified atom stereocenters. The number of nitrogens with zero attached hydrogens (tertiary/aromatic N) is 4. The van der Waals surface area contributed by atoms with E-state index >= 15 is 0 Å². The van der Waals surface area contributed by atoms with Crippen LogP contribution in [0, 0.1) is 0 Å². The van der Waals surface area contributed by atoms with Gasteiger partial charge in [0.25, 0.3) is 5.91 Å². The van der Waals surface area contributed by atoms with Crippen LogP contribution < -0.4 is 0 Å². The summed E-state index contributed by atoms with van der Waals surface area (Å²) in [4.78, 5) is 23.0. The maximum atomic E-state index is 12.8. The van der Waals surface area contributed by atoms with Gasteiger partial charge in [0.1, 0.15) is 0 Å². The van der Waals surface area contributed by atoms with Crippen molar-refractivity contribution in [3.8, 4) is 11.3 Å². The fourth-order valence-corrected chi connectivity index (χ4v) is 2.74. The molecule has 0 aliphatic carbocycles. The Bertz CT molecular complexity index is 867. The first-order chi connectivity index (χ1) is 12.1. The number of hydrogen-bond donors (Lipinski definition) is 0. The molecule has 0 bridgehead atoms. The largest absolute Gasteiger partial charge is 0.336 e. The van der Waals surface area contributed by atoms with Crippen molar-refractivity contribution in [2.24, 2.45) is 7.05 Å². The van der Waals surface area contributed by atoms with Gasteiger partial charge in [-0.3, -0.25) is 9.78 Å². The van der Waals surface area contributed by atoms with Crippen LogP contribution in [0.15, 0.2) is 55.1 Å². The molecule has 1 aromatic carbocycles. The number of carbonyl (C=O) groups excluding carboxylic acids is 1. The highest BCUT2D eigenvalue weighted by atomic mass is 16.2. The van der Waals surface area contributed by atoms with Gasteiger partial charge in [0.15, 0.2) is 0 Å². The molecule has 128 valence electrons. The first-order valence-corrected chi connectivity index (χ1v) is 8.34. The number of carbonyl (C=O) groups is 1. The summed E-state index contributed by atoms with van der Waals surface area (Å²) >= 11 is 0. The van der Waals surface area contributed by atoms with Crippen molar-refractivity contribution < 1.29 is 4.79 Å². The smallest absolute Gasteiger partial charge is 0.253 e. The summed E-state index contributed by atoms with van der Waals surface area (Å²) in [6, 6.07) is 11.7. The number of aryl methyl sites for hydroxylation is 2. The van der Waals surface area contributed by atoms with Gasteiger partial charge in [-0.1, -0.05) is 25.1 Å². The van der Waals surface area contributed by atoms with Gasteiger partial charge < -0.3 is 9.47 Å². The Labute approximate surface area is 148 Å². The van der Waals surface area contributed by atoms with E-state index in [1.807, 2.05) is 48.1 Å². The van der Waals surface area contributed by atoms with Crippen LogP contribution in [0.4, 0.5) is 0 Å². The molecule has 25 heavy (non-hydrogen) atoms. The molecular weight excluding hydrogens is 312 g/mol. The second-order valence-electron chi connectivity index (χ2n) is 6.14. The molecule has 0 spiro atoms. The lowest BCUT2D eigenvalue weighted by Crippen LogP contribution is -2.26. The second kappa shape index (κ2) is 7.30. The lowest BCUT2D eigenvalue weighted by molar-refractivity contribution is 0.0783. The molecule has 0 aliphatic rings. The standard InChI is InChI=1S/C20H22N4O/c1-4-15-8-9-18(22-11-15)13-23(2)20(25)17-7-5-6-16(10-17)19-12-21-14-24(19)3/h5-12,14H,4,13H2,1-3H3. The summed E-state index contributed by atoms with van der Waals surface area (Å²) in [7, 11) is 3.74. The molecule has 0 saturated carbocycles. The van der Waals surface area contributed by atoms with E-state index in [0.29, 0.717) is 12.1 Å². The molecule has 0 saturated heterocycles. The van der Waals surface area contributed by atoms with Gasteiger partial charge >= 0.3 is 0 Å². The zero-order valence-electron chi connectivity index (χ0n) is 14.8. The van der Waals surface area contributed by atoms with E-state index in [4.69, 9.17) is 0 Å². The van der Waals surface area contributed by atoms with E-state index in [1.54, 1.807) is 24.5 Å². The molecular formula is C20H22N4O. The molecule has 0 aliphatic heterocycles. The summed E-state index contributed by atoms with van der Waals surface area (Å²) in [5.74, 6) is -0.0228. The maximum Gasteiger partial charge on any atom is 0.253 e. The molecule has 0 atom stereocenters. The first-order valence-electron chi connectivity index (χ1n) is 8.34. The quantitative estimate of drug-likeness (QED) is 0.719. The first kappa shape index (κ1) is 16.9. The maximum absolute atomic E-state index is 12.8. The summed E-state index contributed by atoms with van der Waals surface area (Å²) in [5, 5.41) is 0. The van der Waals surface area contributed by atoms with E-state index < -0.39 is 0 Å². The lowest BCUT2D eigenvalue weighted by atomic mass is 10.1. The van der Waals surface area contributed by atoms with E-state index in [1.165, 1.54) is 5.56 Å². The Balaban J connectivity index is 1.76. The van der Waals surface area contributed by atoms with Crippen molar-refractivity contribution in [1.82, 2.24) is 19.4 Å². The Hall–Kier alpha value is -2.95. The normalized spacial score (nSPS) is 10.7. The van der Waals surface area contributed by atoms with Gasteiger partial charge in [-0.15, -0.1) is 0 Å². The average Bonchev–Trinajstić information content (AvgIpc) is 3.08. The highest BCUT2D eigenvalue weighted by Gasteiger charge is 2.14. The Morgan fingerprint density at radius 3 is 2.68 bits per heavy atom. The van der Waals surface area contributed by atoms with Crippen molar-refractivity contribution in [2.75, 3.05) is 7.05 Å². The molecule has 0 radical (unpaired) electrons. The minimum Gasteiger partial charge on any atom is -0.336 e. The highest BCUT2D eigenvalue weighted by molar-refractivity contribution is 5.95. The van der Waals surface area contributed by atoms with E-state index in [0.717, 1.165) is 23.4 Å². The highest BCUT2D eigenvalue weighted by Crippen LogP contribution is 2.20. The molecule has 0 fully saturated rings. The molecule has 3 rings (SSSR count). The molecule has 1 amide bonds. The summed E-state index contributed by atoms with van der Waals surface area (Å²) < 4.78 is 1.94. The number of hydrogen-bond acceptors (Lipinski definition) is 3. The van der Waals surface area contributed by atoms with Gasteiger partial charge in [-0.05, 0) is 30.2 Å². The van der Waals surface area contributed by atoms with Crippen LogP contribution in [0.2, 0.25) is 0 Å². The number of rotatable bonds is 5. The van der Waals surface area contributed by atoms with Gasteiger partial charge in [0, 0.05) is 31.4 Å². The van der Waals surface area contributed by atoms with Crippen LogP contribution in [0.3, 0.4) is 0 Å². The fraction of sp³-hybridized carbons (Fsp3) is 0.250. The van der Waals surface area contributed by atoms with Crippen LogP contribution in [-0.4, -0.2) is 32.4 Å². The average molecular weight is 334 g/mol. The van der Waals surface area contributed by atoms with E-state index in [-0.39, 0.29) is 5.91 Å². The predicted octanol–water partition coefficient (Wildman–Crippen LogP) is 3.32. The number of imidazole rings is 1. The van der Waals surface area contributed by atoms with Gasteiger partial charge in [-0.2, -0.15) is 0 Å². The number of amides is 1. The monoisotopic (exact) mass is 334 g/mol.